The number of aromatic amines is 1. The van der Waals surface area contributed by atoms with Crippen molar-refractivity contribution in [3.05, 3.63) is 120 Å². The highest BCUT2D eigenvalue weighted by molar-refractivity contribution is 8.00. The van der Waals surface area contributed by atoms with Crippen molar-refractivity contribution in [1.82, 2.24) is 10.3 Å². The Labute approximate surface area is 271 Å². The van der Waals surface area contributed by atoms with Crippen LogP contribution in [0.4, 0.5) is 11.4 Å². The summed E-state index contributed by atoms with van der Waals surface area (Å²) in [7, 11) is 3.10. The van der Waals surface area contributed by atoms with Crippen molar-refractivity contribution in [2.24, 2.45) is 0 Å². The van der Waals surface area contributed by atoms with Gasteiger partial charge >= 0.3 is 0 Å². The van der Waals surface area contributed by atoms with Crippen molar-refractivity contribution in [3.8, 4) is 11.5 Å². The Bertz CT molecular complexity index is 1890. The normalized spacial score (nSPS) is 11.8. The van der Waals surface area contributed by atoms with E-state index in [-0.39, 0.29) is 11.6 Å². The third-order valence-corrected chi connectivity index (χ3v) is 8.51. The molecule has 1 unspecified atom stereocenters. The van der Waals surface area contributed by atoms with E-state index in [2.05, 4.69) is 20.9 Å². The molecule has 0 saturated carbocycles. The number of fused-ring (bicyclic) bond motifs is 1. The van der Waals surface area contributed by atoms with E-state index in [0.717, 1.165) is 21.4 Å². The molecule has 46 heavy (non-hydrogen) atoms. The molecule has 0 aliphatic carbocycles. The second kappa shape index (κ2) is 15.0. The van der Waals surface area contributed by atoms with Gasteiger partial charge < -0.3 is 30.4 Å². The minimum Gasteiger partial charge on any atom is -0.497 e. The van der Waals surface area contributed by atoms with Crippen LogP contribution in [0.3, 0.4) is 0 Å². The number of para-hydroxylation sites is 1. The summed E-state index contributed by atoms with van der Waals surface area (Å²) in [5, 5.41) is 9.15. The number of benzene rings is 4. The van der Waals surface area contributed by atoms with Gasteiger partial charge in [-0.05, 0) is 61.0 Å². The minimum atomic E-state index is -0.493. The lowest BCUT2D eigenvalue weighted by Gasteiger charge is -2.17. The summed E-state index contributed by atoms with van der Waals surface area (Å²) >= 11 is 1.38. The summed E-state index contributed by atoms with van der Waals surface area (Å²) in [5.74, 6) is 0.0323. The summed E-state index contributed by atoms with van der Waals surface area (Å²) in [5.41, 5.74) is 3.23. The molecule has 0 aliphatic heterocycles. The minimum absolute atomic E-state index is 0.0795. The van der Waals surface area contributed by atoms with E-state index < -0.39 is 17.1 Å². The van der Waals surface area contributed by atoms with E-state index in [1.54, 1.807) is 80.0 Å². The summed E-state index contributed by atoms with van der Waals surface area (Å²) < 4.78 is 10.7. The molecular weight excluding hydrogens is 600 g/mol. The lowest BCUT2D eigenvalue weighted by molar-refractivity contribution is -0.116. The molecular formula is C36H34N4O5S. The molecule has 5 rings (SSSR count). The first-order chi connectivity index (χ1) is 22.4. The highest BCUT2D eigenvalue weighted by atomic mass is 32.2. The number of carbonyl (C=O) groups excluding carboxylic acids is 3. The van der Waals surface area contributed by atoms with Crippen LogP contribution >= 0.6 is 11.8 Å². The lowest BCUT2D eigenvalue weighted by atomic mass is 10.1. The molecule has 4 aromatic carbocycles. The van der Waals surface area contributed by atoms with Crippen LogP contribution < -0.4 is 25.4 Å². The van der Waals surface area contributed by atoms with Gasteiger partial charge in [-0.1, -0.05) is 49.4 Å². The maximum Gasteiger partial charge on any atom is 0.272 e. The summed E-state index contributed by atoms with van der Waals surface area (Å²) in [6, 6.07) is 28.9. The van der Waals surface area contributed by atoms with Crippen molar-refractivity contribution in [2.45, 2.75) is 23.5 Å². The molecule has 4 N–H and O–H groups in total. The fourth-order valence-electron chi connectivity index (χ4n) is 4.76. The monoisotopic (exact) mass is 634 g/mol. The molecule has 0 aliphatic rings. The molecule has 9 nitrogen and oxygen atoms in total. The third kappa shape index (κ3) is 7.77. The zero-order valence-corrected chi connectivity index (χ0v) is 26.4. The quantitative estimate of drug-likeness (QED) is 0.0858. The number of thioether (sulfide) groups is 1. The maximum atomic E-state index is 13.7. The highest BCUT2D eigenvalue weighted by Crippen LogP contribution is 2.32. The Hall–Kier alpha value is -5.48. The molecule has 5 aromatic rings. The van der Waals surface area contributed by atoms with Crippen LogP contribution in [0.1, 0.15) is 29.3 Å². The molecule has 10 heteroatoms. The van der Waals surface area contributed by atoms with Crippen molar-refractivity contribution < 1.29 is 23.9 Å². The van der Waals surface area contributed by atoms with Gasteiger partial charge in [0, 0.05) is 44.9 Å². The topological polar surface area (TPSA) is 122 Å². The fourth-order valence-corrected chi connectivity index (χ4v) is 5.77. The molecule has 1 atom stereocenters. The zero-order valence-electron chi connectivity index (χ0n) is 25.6. The Morgan fingerprint density at radius 1 is 0.870 bits per heavy atom. The van der Waals surface area contributed by atoms with Crippen LogP contribution in [-0.2, 0) is 9.59 Å². The van der Waals surface area contributed by atoms with Crippen LogP contribution in [0, 0.1) is 0 Å². The van der Waals surface area contributed by atoms with Gasteiger partial charge in [-0.15, -0.1) is 11.8 Å². The number of anilines is 2. The van der Waals surface area contributed by atoms with Crippen molar-refractivity contribution >= 4 is 57.8 Å². The highest BCUT2D eigenvalue weighted by Gasteiger charge is 2.21. The van der Waals surface area contributed by atoms with Gasteiger partial charge in [0.25, 0.3) is 11.8 Å². The van der Waals surface area contributed by atoms with Crippen molar-refractivity contribution in [2.75, 3.05) is 24.9 Å². The molecule has 0 spiro atoms. The van der Waals surface area contributed by atoms with Crippen LogP contribution in [-0.4, -0.2) is 42.2 Å². The van der Waals surface area contributed by atoms with Crippen LogP contribution in [0.5, 0.6) is 11.5 Å². The van der Waals surface area contributed by atoms with E-state index >= 15 is 0 Å². The average Bonchev–Trinajstić information content (AvgIpc) is 3.50. The first kappa shape index (κ1) is 31.9. The maximum absolute atomic E-state index is 13.7. The molecule has 234 valence electrons. The van der Waals surface area contributed by atoms with Crippen LogP contribution in [0.25, 0.3) is 17.0 Å². The SMILES string of the molecule is CCC(Sc1cccc(NC(=O)/C(=C/c2c[nH]c3ccccc23)NC(=O)c2ccccc2)c1)C(=O)Nc1ccc(OC)cc1OC. The Balaban J connectivity index is 1.34. The summed E-state index contributed by atoms with van der Waals surface area (Å²) in [4.78, 5) is 44.0. The van der Waals surface area contributed by atoms with Crippen LogP contribution in [0.15, 0.2) is 114 Å². The van der Waals surface area contributed by atoms with E-state index in [1.165, 1.54) is 18.9 Å². The molecule has 0 bridgehead atoms. The third-order valence-electron chi connectivity index (χ3n) is 7.15. The molecule has 1 aromatic heterocycles. The predicted octanol–water partition coefficient (Wildman–Crippen LogP) is 7.10. The van der Waals surface area contributed by atoms with E-state index in [0.29, 0.717) is 34.9 Å². The smallest absolute Gasteiger partial charge is 0.272 e. The lowest BCUT2D eigenvalue weighted by Crippen LogP contribution is -2.30. The predicted molar refractivity (Wildman–Crippen MR) is 183 cm³/mol. The summed E-state index contributed by atoms with van der Waals surface area (Å²) in [6.45, 7) is 1.94. The number of H-pyrrole nitrogens is 1. The standard InChI is InChI=1S/C36H34N4O5S/c1-4-33(36(43)39-30-18-17-26(44-2)21-32(30)45-3)46-27-14-10-13-25(20-27)38-35(42)31(40-34(41)23-11-6-5-7-12-23)19-24-22-37-29-16-9-8-15-28(24)29/h5-22,33,37H,4H2,1-3H3,(H,38,42)(H,39,43)(H,40,41)/b31-19-. The largest absolute Gasteiger partial charge is 0.497 e. The Morgan fingerprint density at radius 2 is 1.65 bits per heavy atom. The number of rotatable bonds is 12. The second-order valence-corrected chi connectivity index (χ2v) is 11.5. The van der Waals surface area contributed by atoms with Gasteiger partial charge in [-0.2, -0.15) is 0 Å². The van der Waals surface area contributed by atoms with E-state index in [9.17, 15) is 14.4 Å². The number of hydrogen-bond donors (Lipinski definition) is 4. The number of aromatic nitrogens is 1. The van der Waals surface area contributed by atoms with Gasteiger partial charge in [0.2, 0.25) is 5.91 Å². The van der Waals surface area contributed by atoms with E-state index in [1.807, 2.05) is 43.3 Å². The van der Waals surface area contributed by atoms with Gasteiger partial charge in [0.05, 0.1) is 25.2 Å². The number of methoxy groups -OCH3 is 2. The summed E-state index contributed by atoms with van der Waals surface area (Å²) in [6.07, 6.45) is 4.01. The molecule has 3 amide bonds. The van der Waals surface area contributed by atoms with Gasteiger partial charge in [-0.3, -0.25) is 14.4 Å². The Kier molecular flexibility index (Phi) is 10.4. The van der Waals surface area contributed by atoms with Crippen LogP contribution in [0.2, 0.25) is 0 Å². The van der Waals surface area contributed by atoms with E-state index in [4.69, 9.17) is 9.47 Å². The number of nitrogens with one attached hydrogen (secondary N) is 4. The second-order valence-electron chi connectivity index (χ2n) is 10.2. The first-order valence-electron chi connectivity index (χ1n) is 14.6. The molecule has 0 fully saturated rings. The van der Waals surface area contributed by atoms with Gasteiger partial charge in [0.1, 0.15) is 17.2 Å². The fraction of sp³-hybridized carbons (Fsp3) is 0.139. The number of hydrogen-bond acceptors (Lipinski definition) is 6. The van der Waals surface area contributed by atoms with Crippen molar-refractivity contribution in [1.29, 1.82) is 0 Å². The Morgan fingerprint density at radius 3 is 2.41 bits per heavy atom. The molecule has 1 heterocycles. The van der Waals surface area contributed by atoms with Gasteiger partial charge in [0.15, 0.2) is 0 Å². The zero-order chi connectivity index (χ0) is 32.5. The number of carbonyl (C=O) groups is 3. The van der Waals surface area contributed by atoms with Crippen molar-refractivity contribution in [3.63, 3.8) is 0 Å². The number of amides is 3. The van der Waals surface area contributed by atoms with Gasteiger partial charge in [-0.25, -0.2) is 0 Å². The molecule has 0 radical (unpaired) electrons. The average molecular weight is 635 g/mol. The molecule has 0 saturated heterocycles. The first-order valence-corrected chi connectivity index (χ1v) is 15.5. The number of ether oxygens (including phenoxy) is 2.